The molecular weight excluding hydrogens is 426 g/mol. The van der Waals surface area contributed by atoms with E-state index in [9.17, 15) is 19.5 Å². The van der Waals surface area contributed by atoms with Crippen molar-refractivity contribution in [3.05, 3.63) is 64.2 Å². The van der Waals surface area contributed by atoms with Crippen LogP contribution in [0.1, 0.15) is 23.6 Å². The second-order valence-electron chi connectivity index (χ2n) is 6.75. The first-order chi connectivity index (χ1) is 14.8. The van der Waals surface area contributed by atoms with Gasteiger partial charge in [-0.15, -0.1) is 0 Å². The van der Waals surface area contributed by atoms with Gasteiger partial charge >= 0.3 is 5.97 Å². The van der Waals surface area contributed by atoms with Gasteiger partial charge < -0.3 is 24.6 Å². The summed E-state index contributed by atoms with van der Waals surface area (Å²) in [4.78, 5) is 38.0. The monoisotopic (exact) mass is 445 g/mol. The fourth-order valence-corrected chi connectivity index (χ4v) is 3.59. The number of halogens is 1. The molecule has 2 N–H and O–H groups in total. The van der Waals surface area contributed by atoms with E-state index < -0.39 is 29.5 Å². The summed E-state index contributed by atoms with van der Waals surface area (Å²) in [6.45, 7) is -0.234. The summed E-state index contributed by atoms with van der Waals surface area (Å²) in [5.74, 6) is -2.58. The predicted molar refractivity (Wildman–Crippen MR) is 112 cm³/mol. The number of Topliss-reactive ketones (excluding diaryl/α,β-unsaturated/α-hetero) is 1. The van der Waals surface area contributed by atoms with Crippen molar-refractivity contribution in [2.45, 2.75) is 12.5 Å². The number of rotatable bonds is 7. The summed E-state index contributed by atoms with van der Waals surface area (Å²) in [6.07, 6.45) is -0.378. The second-order valence-corrected chi connectivity index (χ2v) is 7.19. The zero-order valence-electron chi connectivity index (χ0n) is 16.8. The quantitative estimate of drug-likeness (QED) is 0.382. The topological polar surface area (TPSA) is 113 Å². The van der Waals surface area contributed by atoms with Crippen molar-refractivity contribution in [2.75, 3.05) is 20.8 Å². The molecule has 31 heavy (non-hydrogen) atoms. The number of aliphatic hydroxyl groups is 1. The number of ketones is 1. The summed E-state index contributed by atoms with van der Waals surface area (Å²) in [5, 5.41) is 20.5. The number of aliphatic carboxylic acids is 1. The smallest absolute Gasteiger partial charge is 0.305 e. The minimum Gasteiger partial charge on any atom is -0.507 e. The number of hydrogen-bond donors (Lipinski definition) is 2. The molecule has 0 unspecified atom stereocenters. The molecule has 1 atom stereocenters. The van der Waals surface area contributed by atoms with Gasteiger partial charge in [0.2, 0.25) is 0 Å². The summed E-state index contributed by atoms with van der Waals surface area (Å²) < 4.78 is 10.7. The van der Waals surface area contributed by atoms with Crippen LogP contribution in [-0.4, -0.2) is 53.5 Å². The summed E-state index contributed by atoms with van der Waals surface area (Å²) in [5.41, 5.74) is 0.485. The van der Waals surface area contributed by atoms with Crippen LogP contribution in [0.4, 0.5) is 0 Å². The fourth-order valence-electron chi connectivity index (χ4n) is 3.47. The number of nitrogens with zero attached hydrogens (tertiary/aromatic N) is 1. The first-order valence-corrected chi connectivity index (χ1v) is 9.64. The van der Waals surface area contributed by atoms with Gasteiger partial charge in [-0.25, -0.2) is 0 Å². The molecule has 2 aromatic carbocycles. The van der Waals surface area contributed by atoms with Crippen molar-refractivity contribution in [1.82, 2.24) is 4.90 Å². The SMILES string of the molecule is COc1ccc(OC)c([C@H]2/C(=C(\O)c3ccc(Cl)cc3)C(=O)C(=O)N2CCC(=O)O)c1. The molecule has 3 rings (SSSR count). The maximum atomic E-state index is 12.9. The molecule has 1 heterocycles. The van der Waals surface area contributed by atoms with Crippen molar-refractivity contribution in [3.8, 4) is 11.5 Å². The number of benzene rings is 2. The van der Waals surface area contributed by atoms with E-state index in [-0.39, 0.29) is 24.1 Å². The highest BCUT2D eigenvalue weighted by Gasteiger charge is 2.47. The maximum absolute atomic E-state index is 12.9. The Morgan fingerprint density at radius 2 is 1.74 bits per heavy atom. The van der Waals surface area contributed by atoms with Crippen LogP contribution in [0.3, 0.4) is 0 Å². The molecule has 0 bridgehead atoms. The van der Waals surface area contributed by atoms with Crippen LogP contribution < -0.4 is 9.47 Å². The van der Waals surface area contributed by atoms with Gasteiger partial charge in [0.25, 0.3) is 11.7 Å². The van der Waals surface area contributed by atoms with E-state index in [0.717, 1.165) is 4.90 Å². The number of carboxylic acid groups (broad SMARTS) is 1. The predicted octanol–water partition coefficient (Wildman–Crippen LogP) is 3.25. The molecule has 1 amide bonds. The average Bonchev–Trinajstić information content (AvgIpc) is 3.01. The highest BCUT2D eigenvalue weighted by molar-refractivity contribution is 6.46. The minimum absolute atomic E-state index is 0.177. The molecule has 162 valence electrons. The van der Waals surface area contributed by atoms with Crippen LogP contribution in [0.15, 0.2) is 48.0 Å². The Kier molecular flexibility index (Phi) is 6.50. The van der Waals surface area contributed by atoms with Crippen molar-refractivity contribution in [1.29, 1.82) is 0 Å². The Morgan fingerprint density at radius 3 is 2.32 bits per heavy atom. The Labute approximate surface area is 183 Å². The van der Waals surface area contributed by atoms with Gasteiger partial charge in [0.1, 0.15) is 17.3 Å². The van der Waals surface area contributed by atoms with Gasteiger partial charge in [-0.05, 0) is 42.5 Å². The van der Waals surface area contributed by atoms with Gasteiger partial charge in [-0.3, -0.25) is 14.4 Å². The number of carbonyl (C=O) groups excluding carboxylic acids is 2. The fraction of sp³-hybridized carbons (Fsp3) is 0.227. The molecule has 1 fully saturated rings. The van der Waals surface area contributed by atoms with Crippen LogP contribution in [0.2, 0.25) is 5.02 Å². The molecule has 0 spiro atoms. The number of likely N-dealkylation sites (tertiary alicyclic amines) is 1. The molecule has 1 saturated heterocycles. The van der Waals surface area contributed by atoms with Gasteiger partial charge in [-0.1, -0.05) is 11.6 Å². The third-order valence-corrected chi connectivity index (χ3v) is 5.21. The molecule has 8 nitrogen and oxygen atoms in total. The third-order valence-electron chi connectivity index (χ3n) is 4.96. The highest BCUT2D eigenvalue weighted by Crippen LogP contribution is 2.43. The van der Waals surface area contributed by atoms with Crippen molar-refractivity contribution in [3.63, 3.8) is 0 Å². The Bertz CT molecular complexity index is 1060. The van der Waals surface area contributed by atoms with E-state index in [0.29, 0.717) is 22.1 Å². The molecule has 1 aliphatic heterocycles. The lowest BCUT2D eigenvalue weighted by Gasteiger charge is -2.26. The standard InChI is InChI=1S/C22H20ClNO7/c1-30-14-7-8-16(31-2)15(11-14)19-18(20(27)12-3-5-13(23)6-4-12)21(28)22(29)24(19)10-9-17(25)26/h3-8,11,19,27H,9-10H2,1-2H3,(H,25,26)/b20-18+/t19-/m0/s1. The molecule has 0 aliphatic carbocycles. The van der Waals surface area contributed by atoms with E-state index in [1.807, 2.05) is 0 Å². The zero-order valence-corrected chi connectivity index (χ0v) is 17.5. The number of carboxylic acids is 1. The molecule has 9 heteroatoms. The van der Waals surface area contributed by atoms with Crippen LogP contribution in [0, 0.1) is 0 Å². The minimum atomic E-state index is -1.13. The Hall–Kier alpha value is -3.52. The first kappa shape index (κ1) is 22.2. The maximum Gasteiger partial charge on any atom is 0.305 e. The highest BCUT2D eigenvalue weighted by atomic mass is 35.5. The molecule has 2 aromatic rings. The number of carbonyl (C=O) groups is 3. The largest absolute Gasteiger partial charge is 0.507 e. The molecule has 0 saturated carbocycles. The number of aliphatic hydroxyl groups excluding tert-OH is 1. The zero-order chi connectivity index (χ0) is 22.7. The van der Waals surface area contributed by atoms with Gasteiger partial charge in [-0.2, -0.15) is 0 Å². The lowest BCUT2D eigenvalue weighted by atomic mass is 9.94. The van der Waals surface area contributed by atoms with Gasteiger partial charge in [0, 0.05) is 22.7 Å². The number of amides is 1. The summed E-state index contributed by atoms with van der Waals surface area (Å²) >= 11 is 5.91. The number of ether oxygens (including phenoxy) is 2. The molecule has 0 radical (unpaired) electrons. The van der Waals surface area contributed by atoms with Gasteiger partial charge in [0.15, 0.2) is 0 Å². The summed E-state index contributed by atoms with van der Waals surface area (Å²) in [6, 6.07) is 9.87. The van der Waals surface area contributed by atoms with Crippen molar-refractivity contribution in [2.24, 2.45) is 0 Å². The van der Waals surface area contributed by atoms with E-state index in [1.54, 1.807) is 18.2 Å². The van der Waals surface area contributed by atoms with E-state index in [1.165, 1.54) is 38.5 Å². The van der Waals surface area contributed by atoms with Crippen LogP contribution in [0.25, 0.3) is 5.76 Å². The lowest BCUT2D eigenvalue weighted by molar-refractivity contribution is -0.142. The van der Waals surface area contributed by atoms with E-state index >= 15 is 0 Å². The van der Waals surface area contributed by atoms with Crippen LogP contribution in [-0.2, 0) is 14.4 Å². The Morgan fingerprint density at radius 1 is 1.06 bits per heavy atom. The van der Waals surface area contributed by atoms with Gasteiger partial charge in [0.05, 0.1) is 32.3 Å². The third kappa shape index (κ3) is 4.34. The Balaban J connectivity index is 2.24. The summed E-state index contributed by atoms with van der Waals surface area (Å²) in [7, 11) is 2.88. The van der Waals surface area contributed by atoms with E-state index in [4.69, 9.17) is 26.2 Å². The first-order valence-electron chi connectivity index (χ1n) is 9.26. The van der Waals surface area contributed by atoms with E-state index in [2.05, 4.69) is 0 Å². The molecule has 1 aliphatic rings. The molecule has 0 aromatic heterocycles. The van der Waals surface area contributed by atoms with Crippen LogP contribution in [0.5, 0.6) is 11.5 Å². The van der Waals surface area contributed by atoms with Crippen molar-refractivity contribution >= 4 is 35.0 Å². The number of methoxy groups -OCH3 is 2. The lowest BCUT2D eigenvalue weighted by Crippen LogP contribution is -2.32. The average molecular weight is 446 g/mol. The number of hydrogen-bond acceptors (Lipinski definition) is 6. The second kappa shape index (κ2) is 9.09. The molecular formula is C22H20ClNO7. The normalized spacial score (nSPS) is 17.6. The van der Waals surface area contributed by atoms with Crippen LogP contribution >= 0.6 is 11.6 Å². The van der Waals surface area contributed by atoms with Crippen molar-refractivity contribution < 1.29 is 34.1 Å².